The Balaban J connectivity index is 1.52. The van der Waals surface area contributed by atoms with Crippen LogP contribution in [0, 0.1) is 5.92 Å². The number of piperidine rings is 1. The van der Waals surface area contributed by atoms with Crippen LogP contribution < -0.4 is 14.8 Å². The second-order valence-electron chi connectivity index (χ2n) is 6.78. The molecule has 0 bridgehead atoms. The SMILES string of the molecule is C[C@H](C(=O)N(C)C)N1CCC(C(=O)Nc2ccc3c(c2)OCO3)CC1. The second-order valence-corrected chi connectivity index (χ2v) is 6.78. The zero-order chi connectivity index (χ0) is 18.0. The number of carbonyl (C=O) groups is 2. The highest BCUT2D eigenvalue weighted by atomic mass is 16.7. The first kappa shape index (κ1) is 17.5. The summed E-state index contributed by atoms with van der Waals surface area (Å²) in [7, 11) is 3.54. The fourth-order valence-corrected chi connectivity index (χ4v) is 3.30. The van der Waals surface area contributed by atoms with Crippen LogP contribution in [0.1, 0.15) is 19.8 Å². The zero-order valence-corrected chi connectivity index (χ0v) is 14.9. The minimum atomic E-state index is -0.145. The lowest BCUT2D eigenvalue weighted by molar-refractivity contribution is -0.134. The van der Waals surface area contributed by atoms with Crippen LogP contribution in [0.15, 0.2) is 18.2 Å². The topological polar surface area (TPSA) is 71.1 Å². The van der Waals surface area contributed by atoms with Gasteiger partial charge in [-0.25, -0.2) is 0 Å². The van der Waals surface area contributed by atoms with Gasteiger partial charge in [0, 0.05) is 31.8 Å². The van der Waals surface area contributed by atoms with Gasteiger partial charge in [-0.3, -0.25) is 14.5 Å². The standard InChI is InChI=1S/C18H25N3O4/c1-12(18(23)20(2)3)21-8-6-13(7-9-21)17(22)19-14-4-5-15-16(10-14)25-11-24-15/h4-5,10,12-13H,6-9,11H2,1-3H3,(H,19,22)/t12-/m1/s1. The van der Waals surface area contributed by atoms with E-state index in [1.165, 1.54) is 0 Å². The monoisotopic (exact) mass is 347 g/mol. The van der Waals surface area contributed by atoms with Gasteiger partial charge in [0.15, 0.2) is 11.5 Å². The van der Waals surface area contributed by atoms with Crippen molar-refractivity contribution in [3.8, 4) is 11.5 Å². The highest BCUT2D eigenvalue weighted by Crippen LogP contribution is 2.34. The first-order valence-corrected chi connectivity index (χ1v) is 8.61. The molecule has 2 heterocycles. The van der Waals surface area contributed by atoms with Crippen molar-refractivity contribution in [3.05, 3.63) is 18.2 Å². The highest BCUT2D eigenvalue weighted by Gasteiger charge is 2.30. The van der Waals surface area contributed by atoms with Gasteiger partial charge < -0.3 is 19.7 Å². The Morgan fingerprint density at radius 3 is 2.56 bits per heavy atom. The molecule has 25 heavy (non-hydrogen) atoms. The smallest absolute Gasteiger partial charge is 0.239 e. The molecular formula is C18H25N3O4. The van der Waals surface area contributed by atoms with Crippen LogP contribution in [0.4, 0.5) is 5.69 Å². The molecule has 1 atom stereocenters. The molecule has 1 aromatic rings. The Labute approximate surface area is 147 Å². The van der Waals surface area contributed by atoms with E-state index in [2.05, 4.69) is 10.2 Å². The van der Waals surface area contributed by atoms with E-state index in [0.29, 0.717) is 17.2 Å². The van der Waals surface area contributed by atoms with Crippen molar-refractivity contribution >= 4 is 17.5 Å². The summed E-state index contributed by atoms with van der Waals surface area (Å²) >= 11 is 0. The normalized spacial score (nSPS) is 18.7. The van der Waals surface area contributed by atoms with Crippen LogP contribution in [0.25, 0.3) is 0 Å². The molecule has 2 amide bonds. The minimum Gasteiger partial charge on any atom is -0.454 e. The van der Waals surface area contributed by atoms with E-state index >= 15 is 0 Å². The molecule has 7 nitrogen and oxygen atoms in total. The zero-order valence-electron chi connectivity index (χ0n) is 14.9. The lowest BCUT2D eigenvalue weighted by Gasteiger charge is -2.35. The van der Waals surface area contributed by atoms with E-state index < -0.39 is 0 Å². The van der Waals surface area contributed by atoms with Gasteiger partial charge in [0.25, 0.3) is 0 Å². The molecule has 0 aromatic heterocycles. The number of carbonyl (C=O) groups excluding carboxylic acids is 2. The van der Waals surface area contributed by atoms with Crippen molar-refractivity contribution in [2.45, 2.75) is 25.8 Å². The maximum atomic E-state index is 12.5. The molecule has 1 fully saturated rings. The van der Waals surface area contributed by atoms with Gasteiger partial charge in [0.05, 0.1) is 6.04 Å². The summed E-state index contributed by atoms with van der Waals surface area (Å²) in [5.41, 5.74) is 0.716. The van der Waals surface area contributed by atoms with Gasteiger partial charge >= 0.3 is 0 Å². The summed E-state index contributed by atoms with van der Waals surface area (Å²) in [6.07, 6.45) is 1.50. The third-order valence-electron chi connectivity index (χ3n) is 4.89. The van der Waals surface area contributed by atoms with Gasteiger partial charge in [0.2, 0.25) is 18.6 Å². The maximum Gasteiger partial charge on any atom is 0.239 e. The molecule has 0 spiro atoms. The fraction of sp³-hybridized carbons (Fsp3) is 0.556. The Morgan fingerprint density at radius 2 is 1.88 bits per heavy atom. The summed E-state index contributed by atoms with van der Waals surface area (Å²) in [5.74, 6) is 1.44. The molecule has 0 unspecified atom stereocenters. The number of fused-ring (bicyclic) bond motifs is 1. The minimum absolute atomic E-state index is 0.0186. The summed E-state index contributed by atoms with van der Waals surface area (Å²) in [6, 6.07) is 5.26. The second kappa shape index (κ2) is 7.31. The highest BCUT2D eigenvalue weighted by molar-refractivity contribution is 5.93. The number of nitrogens with one attached hydrogen (secondary N) is 1. The van der Waals surface area contributed by atoms with Gasteiger partial charge in [-0.05, 0) is 45.0 Å². The molecule has 0 aliphatic carbocycles. The predicted molar refractivity (Wildman–Crippen MR) is 93.6 cm³/mol. The number of likely N-dealkylation sites (tertiary alicyclic amines) is 1. The molecule has 1 saturated heterocycles. The van der Waals surface area contributed by atoms with Gasteiger partial charge in [0.1, 0.15) is 0 Å². The van der Waals surface area contributed by atoms with Crippen LogP contribution in [-0.4, -0.2) is 61.6 Å². The number of hydrogen-bond acceptors (Lipinski definition) is 5. The summed E-state index contributed by atoms with van der Waals surface area (Å²) in [4.78, 5) is 28.3. The predicted octanol–water partition coefficient (Wildman–Crippen LogP) is 1.54. The molecule has 0 radical (unpaired) electrons. The fourth-order valence-electron chi connectivity index (χ4n) is 3.30. The number of benzene rings is 1. The van der Waals surface area contributed by atoms with Crippen molar-refractivity contribution in [2.24, 2.45) is 5.92 Å². The molecule has 1 N–H and O–H groups in total. The largest absolute Gasteiger partial charge is 0.454 e. The molecule has 0 saturated carbocycles. The molecule has 136 valence electrons. The number of rotatable bonds is 4. The molecule has 3 rings (SSSR count). The van der Waals surface area contributed by atoms with Crippen molar-refractivity contribution in [1.29, 1.82) is 0 Å². The Hall–Kier alpha value is -2.28. The van der Waals surface area contributed by atoms with E-state index in [9.17, 15) is 9.59 Å². The molecular weight excluding hydrogens is 322 g/mol. The number of ether oxygens (including phenoxy) is 2. The van der Waals surface area contributed by atoms with Gasteiger partial charge in [-0.2, -0.15) is 0 Å². The number of anilines is 1. The Morgan fingerprint density at radius 1 is 1.20 bits per heavy atom. The van der Waals surface area contributed by atoms with E-state index in [1.54, 1.807) is 31.1 Å². The first-order valence-electron chi connectivity index (χ1n) is 8.61. The van der Waals surface area contributed by atoms with Crippen LogP contribution in [0.5, 0.6) is 11.5 Å². The number of hydrogen-bond donors (Lipinski definition) is 1. The van der Waals surface area contributed by atoms with Crippen LogP contribution in [0.3, 0.4) is 0 Å². The van der Waals surface area contributed by atoms with E-state index in [1.807, 2.05) is 13.0 Å². The van der Waals surface area contributed by atoms with Crippen molar-refractivity contribution < 1.29 is 19.1 Å². The lowest BCUT2D eigenvalue weighted by atomic mass is 9.94. The van der Waals surface area contributed by atoms with Crippen molar-refractivity contribution in [1.82, 2.24) is 9.80 Å². The average Bonchev–Trinajstić information content (AvgIpc) is 3.08. The van der Waals surface area contributed by atoms with Crippen LogP contribution in [0.2, 0.25) is 0 Å². The Bertz CT molecular complexity index is 654. The average molecular weight is 347 g/mol. The summed E-state index contributed by atoms with van der Waals surface area (Å²) in [5, 5.41) is 2.96. The van der Waals surface area contributed by atoms with Crippen molar-refractivity contribution in [2.75, 3.05) is 39.3 Å². The number of amides is 2. The Kier molecular flexibility index (Phi) is 5.13. The van der Waals surface area contributed by atoms with Gasteiger partial charge in [-0.15, -0.1) is 0 Å². The van der Waals surface area contributed by atoms with Crippen LogP contribution >= 0.6 is 0 Å². The summed E-state index contributed by atoms with van der Waals surface area (Å²) < 4.78 is 10.6. The van der Waals surface area contributed by atoms with Crippen molar-refractivity contribution in [3.63, 3.8) is 0 Å². The molecule has 2 aliphatic heterocycles. The number of nitrogens with zero attached hydrogens (tertiary/aromatic N) is 2. The van der Waals surface area contributed by atoms with E-state index in [-0.39, 0.29) is 30.6 Å². The van der Waals surface area contributed by atoms with E-state index in [4.69, 9.17) is 9.47 Å². The third-order valence-corrected chi connectivity index (χ3v) is 4.89. The molecule has 7 heteroatoms. The first-order chi connectivity index (χ1) is 12.0. The molecule has 2 aliphatic rings. The van der Waals surface area contributed by atoms with Crippen LogP contribution in [-0.2, 0) is 9.59 Å². The number of likely N-dealkylation sites (N-methyl/N-ethyl adjacent to an activating group) is 1. The van der Waals surface area contributed by atoms with E-state index in [0.717, 1.165) is 25.9 Å². The third kappa shape index (κ3) is 3.87. The molecule has 1 aromatic carbocycles. The summed E-state index contributed by atoms with van der Waals surface area (Å²) in [6.45, 7) is 3.64. The lowest BCUT2D eigenvalue weighted by Crippen LogP contribution is -2.49. The quantitative estimate of drug-likeness (QED) is 0.895. The van der Waals surface area contributed by atoms with Gasteiger partial charge in [-0.1, -0.05) is 0 Å². The maximum absolute atomic E-state index is 12.5.